The molecule has 4 aromatic heterocycles. The van der Waals surface area contributed by atoms with Crippen LogP contribution in [0.5, 0.6) is 0 Å². The van der Waals surface area contributed by atoms with E-state index in [9.17, 15) is 9.59 Å². The standard InChI is InChI=1S/C16H11ClN4O3S2/c1-9-8-26-16-18-10(6-12(22)21(9)16)7-24-13(23)3-2-11-14(17)19-15-20(11)4-5-25-15/h2-6,8H,7H2,1H3. The zero-order valence-electron chi connectivity index (χ0n) is 13.4. The average molecular weight is 407 g/mol. The number of aromatic nitrogens is 4. The number of hydrogen-bond donors (Lipinski definition) is 0. The molecule has 0 bridgehead atoms. The van der Waals surface area contributed by atoms with E-state index in [0.717, 1.165) is 10.7 Å². The lowest BCUT2D eigenvalue weighted by Gasteiger charge is -2.02. The summed E-state index contributed by atoms with van der Waals surface area (Å²) in [7, 11) is 0. The first-order valence-electron chi connectivity index (χ1n) is 7.45. The smallest absolute Gasteiger partial charge is 0.331 e. The summed E-state index contributed by atoms with van der Waals surface area (Å²) in [6.07, 6.45) is 4.64. The summed E-state index contributed by atoms with van der Waals surface area (Å²) in [5, 5.41) is 4.04. The molecule has 0 fully saturated rings. The second-order valence-electron chi connectivity index (χ2n) is 5.37. The molecule has 4 aromatic rings. The summed E-state index contributed by atoms with van der Waals surface area (Å²) in [6.45, 7) is 1.75. The van der Waals surface area contributed by atoms with Gasteiger partial charge in [-0.1, -0.05) is 11.6 Å². The summed E-state index contributed by atoms with van der Waals surface area (Å²) in [6, 6.07) is 1.37. The lowest BCUT2D eigenvalue weighted by Crippen LogP contribution is -2.16. The van der Waals surface area contributed by atoms with Crippen molar-refractivity contribution in [2.45, 2.75) is 13.5 Å². The predicted octanol–water partition coefficient (Wildman–Crippen LogP) is 3.18. The number of ether oxygens (including phenoxy) is 1. The SMILES string of the molecule is Cc1csc2nc(COC(=O)C=Cc3c(Cl)nc4sccn34)cc(=O)n12. The highest BCUT2D eigenvalue weighted by Crippen LogP contribution is 2.22. The lowest BCUT2D eigenvalue weighted by molar-refractivity contribution is -0.139. The van der Waals surface area contributed by atoms with Crippen molar-refractivity contribution in [2.75, 3.05) is 0 Å². The Kier molecular flexibility index (Phi) is 4.35. The Balaban J connectivity index is 1.48. The molecular weight excluding hydrogens is 396 g/mol. The van der Waals surface area contributed by atoms with Gasteiger partial charge in [0, 0.05) is 34.8 Å². The van der Waals surface area contributed by atoms with Crippen molar-refractivity contribution in [3.63, 3.8) is 0 Å². The van der Waals surface area contributed by atoms with Gasteiger partial charge in [0.05, 0.1) is 11.4 Å². The average Bonchev–Trinajstić information content (AvgIpc) is 3.27. The van der Waals surface area contributed by atoms with Gasteiger partial charge in [0.1, 0.15) is 6.61 Å². The van der Waals surface area contributed by atoms with Gasteiger partial charge in [-0.05, 0) is 13.0 Å². The number of carbonyl (C=O) groups is 1. The van der Waals surface area contributed by atoms with Gasteiger partial charge < -0.3 is 4.74 Å². The van der Waals surface area contributed by atoms with E-state index in [1.54, 1.807) is 10.5 Å². The zero-order chi connectivity index (χ0) is 18.3. The Labute approximate surface area is 159 Å². The Bertz CT molecular complexity index is 1220. The first kappa shape index (κ1) is 17.0. The normalized spacial score (nSPS) is 11.8. The minimum absolute atomic E-state index is 0.0835. The second kappa shape index (κ2) is 6.67. The van der Waals surface area contributed by atoms with E-state index in [2.05, 4.69) is 9.97 Å². The van der Waals surface area contributed by atoms with Gasteiger partial charge in [-0.2, -0.15) is 0 Å². The fraction of sp³-hybridized carbons (Fsp3) is 0.125. The van der Waals surface area contributed by atoms with Crippen LogP contribution < -0.4 is 5.56 Å². The van der Waals surface area contributed by atoms with Crippen LogP contribution in [0.3, 0.4) is 0 Å². The van der Waals surface area contributed by atoms with Gasteiger partial charge >= 0.3 is 5.97 Å². The van der Waals surface area contributed by atoms with Crippen molar-refractivity contribution in [2.24, 2.45) is 0 Å². The summed E-state index contributed by atoms with van der Waals surface area (Å²) >= 11 is 8.87. The summed E-state index contributed by atoms with van der Waals surface area (Å²) in [5.41, 5.74) is 1.64. The molecule has 0 aliphatic carbocycles. The number of rotatable bonds is 4. The van der Waals surface area contributed by atoms with E-state index in [-0.39, 0.29) is 12.2 Å². The number of carbonyl (C=O) groups excluding carboxylic acids is 1. The molecular formula is C16H11ClN4O3S2. The number of imidazole rings is 1. The van der Waals surface area contributed by atoms with Crippen LogP contribution in [0.25, 0.3) is 16.0 Å². The monoisotopic (exact) mass is 406 g/mol. The molecule has 0 saturated heterocycles. The zero-order valence-corrected chi connectivity index (χ0v) is 15.8. The number of aryl methyl sites for hydroxylation is 1. The van der Waals surface area contributed by atoms with Gasteiger partial charge in [-0.3, -0.25) is 13.6 Å². The van der Waals surface area contributed by atoms with Crippen molar-refractivity contribution in [1.82, 2.24) is 18.8 Å². The largest absolute Gasteiger partial charge is 0.456 e. The highest BCUT2D eigenvalue weighted by Gasteiger charge is 2.10. The first-order chi connectivity index (χ1) is 12.5. The number of fused-ring (bicyclic) bond motifs is 2. The predicted molar refractivity (Wildman–Crippen MR) is 101 cm³/mol. The van der Waals surface area contributed by atoms with Crippen molar-refractivity contribution >= 4 is 56.2 Å². The maximum Gasteiger partial charge on any atom is 0.331 e. The minimum Gasteiger partial charge on any atom is -0.456 e. The molecule has 0 aliphatic heterocycles. The maximum atomic E-state index is 12.1. The molecule has 4 heterocycles. The molecule has 0 spiro atoms. The highest BCUT2D eigenvalue weighted by atomic mass is 35.5. The molecule has 0 unspecified atom stereocenters. The first-order valence-corrected chi connectivity index (χ1v) is 9.59. The molecule has 26 heavy (non-hydrogen) atoms. The second-order valence-corrected chi connectivity index (χ2v) is 7.43. The molecule has 132 valence electrons. The number of thiazole rings is 2. The van der Waals surface area contributed by atoms with E-state index < -0.39 is 5.97 Å². The molecule has 0 amide bonds. The summed E-state index contributed by atoms with van der Waals surface area (Å²) in [4.78, 5) is 33.9. The third-order valence-electron chi connectivity index (χ3n) is 3.62. The van der Waals surface area contributed by atoms with Crippen molar-refractivity contribution in [3.05, 3.63) is 61.7 Å². The Morgan fingerprint density at radius 1 is 1.35 bits per heavy atom. The third-order valence-corrected chi connectivity index (χ3v) is 5.60. The van der Waals surface area contributed by atoms with E-state index >= 15 is 0 Å². The highest BCUT2D eigenvalue weighted by molar-refractivity contribution is 7.15. The van der Waals surface area contributed by atoms with E-state index in [4.69, 9.17) is 16.3 Å². The Hall–Kier alpha value is -2.49. The topological polar surface area (TPSA) is 78.0 Å². The molecule has 0 radical (unpaired) electrons. The van der Waals surface area contributed by atoms with Gasteiger partial charge in [0.25, 0.3) is 5.56 Å². The van der Waals surface area contributed by atoms with Crippen LogP contribution in [-0.4, -0.2) is 24.7 Å². The van der Waals surface area contributed by atoms with E-state index in [1.807, 2.05) is 23.9 Å². The van der Waals surface area contributed by atoms with Crippen LogP contribution in [-0.2, 0) is 16.1 Å². The van der Waals surface area contributed by atoms with Crippen molar-refractivity contribution in [3.8, 4) is 0 Å². The van der Waals surface area contributed by atoms with E-state index in [1.165, 1.54) is 39.2 Å². The molecule has 10 heteroatoms. The van der Waals surface area contributed by atoms with Crippen LogP contribution in [0.4, 0.5) is 0 Å². The summed E-state index contributed by atoms with van der Waals surface area (Å²) in [5.74, 6) is -0.560. The van der Waals surface area contributed by atoms with Crippen LogP contribution in [0.1, 0.15) is 17.1 Å². The van der Waals surface area contributed by atoms with Crippen molar-refractivity contribution in [1.29, 1.82) is 0 Å². The quantitative estimate of drug-likeness (QED) is 0.384. The van der Waals surface area contributed by atoms with Gasteiger partial charge in [-0.15, -0.1) is 22.7 Å². The molecule has 0 saturated carbocycles. The third kappa shape index (κ3) is 3.05. The Morgan fingerprint density at radius 3 is 3.04 bits per heavy atom. The van der Waals surface area contributed by atoms with E-state index in [0.29, 0.717) is 21.5 Å². The molecule has 0 atom stereocenters. The lowest BCUT2D eigenvalue weighted by atomic mass is 10.4. The molecule has 7 nitrogen and oxygen atoms in total. The molecule has 0 aromatic carbocycles. The molecule has 0 aliphatic rings. The summed E-state index contributed by atoms with van der Waals surface area (Å²) < 4.78 is 8.47. The Morgan fingerprint density at radius 2 is 2.19 bits per heavy atom. The van der Waals surface area contributed by atoms with Crippen molar-refractivity contribution < 1.29 is 9.53 Å². The van der Waals surface area contributed by atoms with Gasteiger partial charge in [-0.25, -0.2) is 14.8 Å². The number of halogens is 1. The fourth-order valence-electron chi connectivity index (χ4n) is 2.44. The van der Waals surface area contributed by atoms with Gasteiger partial charge in [0.2, 0.25) is 0 Å². The van der Waals surface area contributed by atoms with Crippen LogP contribution in [0.15, 0.2) is 33.9 Å². The van der Waals surface area contributed by atoms with Crippen LogP contribution in [0.2, 0.25) is 5.15 Å². The number of nitrogens with zero attached hydrogens (tertiary/aromatic N) is 4. The van der Waals surface area contributed by atoms with Crippen LogP contribution >= 0.6 is 34.3 Å². The van der Waals surface area contributed by atoms with Gasteiger partial charge in [0.15, 0.2) is 15.1 Å². The fourth-order valence-corrected chi connectivity index (χ4v) is 4.34. The molecule has 0 N–H and O–H groups in total. The number of hydrogen-bond acceptors (Lipinski definition) is 7. The molecule has 4 rings (SSSR count). The maximum absolute atomic E-state index is 12.1. The van der Waals surface area contributed by atoms with Crippen LogP contribution in [0, 0.1) is 6.92 Å². The number of esters is 1. The minimum atomic E-state index is -0.560.